The topological polar surface area (TPSA) is 64.0 Å². The summed E-state index contributed by atoms with van der Waals surface area (Å²) in [6, 6.07) is -0.260. The number of aromatic nitrogens is 2. The molecule has 14 heavy (non-hydrogen) atoms. The molecule has 0 spiro atoms. The van der Waals surface area contributed by atoms with Gasteiger partial charge >= 0.3 is 0 Å². The first-order chi connectivity index (χ1) is 6.66. The number of piperidine rings is 1. The van der Waals surface area contributed by atoms with Gasteiger partial charge in [0.15, 0.2) is 0 Å². The van der Waals surface area contributed by atoms with E-state index >= 15 is 0 Å². The zero-order valence-corrected chi connectivity index (χ0v) is 7.86. The van der Waals surface area contributed by atoms with E-state index in [-0.39, 0.29) is 24.2 Å². The molecule has 1 aromatic heterocycles. The van der Waals surface area contributed by atoms with Gasteiger partial charge in [0.2, 0.25) is 5.91 Å². The van der Waals surface area contributed by atoms with E-state index in [2.05, 4.69) is 10.3 Å². The van der Waals surface area contributed by atoms with Crippen molar-refractivity contribution in [2.45, 2.75) is 18.9 Å². The Bertz CT molecular complexity index is 367. The summed E-state index contributed by atoms with van der Waals surface area (Å²) >= 11 is 0. The average molecular weight is 193 g/mol. The molecule has 1 amide bonds. The van der Waals surface area contributed by atoms with Crippen molar-refractivity contribution in [3.8, 4) is 0 Å². The van der Waals surface area contributed by atoms with E-state index in [0.29, 0.717) is 6.42 Å². The normalized spacial score (nSPS) is 22.2. The second kappa shape index (κ2) is 3.25. The molecule has 74 valence electrons. The van der Waals surface area contributed by atoms with Gasteiger partial charge in [-0.2, -0.15) is 0 Å². The highest BCUT2D eigenvalue weighted by molar-refractivity contribution is 6.00. The molecule has 1 aliphatic rings. The quantitative estimate of drug-likeness (QED) is 0.635. The van der Waals surface area contributed by atoms with Gasteiger partial charge in [0.25, 0.3) is 0 Å². The third-order valence-electron chi connectivity index (χ3n) is 2.29. The fraction of sp³-hybridized carbons (Fsp3) is 0.444. The molecular formula is C9H11N3O2. The molecule has 0 aromatic carbocycles. The third-order valence-corrected chi connectivity index (χ3v) is 2.29. The van der Waals surface area contributed by atoms with Crippen LogP contribution in [0.2, 0.25) is 0 Å². The van der Waals surface area contributed by atoms with Crippen molar-refractivity contribution < 1.29 is 9.59 Å². The summed E-state index contributed by atoms with van der Waals surface area (Å²) in [4.78, 5) is 26.4. The fourth-order valence-electron chi connectivity index (χ4n) is 1.64. The summed E-state index contributed by atoms with van der Waals surface area (Å²) in [7, 11) is 1.84. The monoisotopic (exact) mass is 193 g/mol. The molecule has 1 N–H and O–H groups in total. The molecule has 0 bridgehead atoms. The number of nitrogens with one attached hydrogen (secondary N) is 1. The molecule has 1 aromatic rings. The Kier molecular flexibility index (Phi) is 2.07. The van der Waals surface area contributed by atoms with Crippen molar-refractivity contribution >= 4 is 11.7 Å². The number of imidazole rings is 1. The average Bonchev–Trinajstić information content (AvgIpc) is 2.49. The summed E-state index contributed by atoms with van der Waals surface area (Å²) < 4.78 is 1.81. The van der Waals surface area contributed by atoms with Crippen molar-refractivity contribution in [2.24, 2.45) is 7.05 Å². The lowest BCUT2D eigenvalue weighted by Gasteiger charge is -2.21. The van der Waals surface area contributed by atoms with E-state index in [0.717, 1.165) is 5.82 Å². The lowest BCUT2D eigenvalue weighted by molar-refractivity contribution is -0.132. The van der Waals surface area contributed by atoms with E-state index < -0.39 is 0 Å². The lowest BCUT2D eigenvalue weighted by atomic mass is 10.0. The second-order valence-corrected chi connectivity index (χ2v) is 3.44. The van der Waals surface area contributed by atoms with E-state index in [1.165, 1.54) is 0 Å². The number of rotatable bonds is 1. The first-order valence-corrected chi connectivity index (χ1v) is 4.45. The van der Waals surface area contributed by atoms with E-state index in [1.807, 2.05) is 11.6 Å². The predicted molar refractivity (Wildman–Crippen MR) is 48.3 cm³/mol. The van der Waals surface area contributed by atoms with Crippen LogP contribution < -0.4 is 5.32 Å². The Morgan fingerprint density at radius 3 is 2.93 bits per heavy atom. The minimum absolute atomic E-state index is 0.000916. The first-order valence-electron chi connectivity index (χ1n) is 4.45. The summed E-state index contributed by atoms with van der Waals surface area (Å²) in [5.41, 5.74) is 0. The molecule has 1 atom stereocenters. The largest absolute Gasteiger partial charge is 0.345 e. The summed E-state index contributed by atoms with van der Waals surface area (Å²) in [5, 5.41) is 2.75. The summed E-state index contributed by atoms with van der Waals surface area (Å²) in [6.07, 6.45) is 3.79. The van der Waals surface area contributed by atoms with Crippen LogP contribution in [0.5, 0.6) is 0 Å². The molecule has 1 fully saturated rings. The van der Waals surface area contributed by atoms with Crippen LogP contribution in [0.4, 0.5) is 0 Å². The van der Waals surface area contributed by atoms with Gasteiger partial charge in [0, 0.05) is 25.9 Å². The molecule has 5 nitrogen and oxygen atoms in total. The Hall–Kier alpha value is -1.65. The van der Waals surface area contributed by atoms with Crippen LogP contribution in [0.15, 0.2) is 12.4 Å². The van der Waals surface area contributed by atoms with Gasteiger partial charge in [-0.15, -0.1) is 0 Å². The van der Waals surface area contributed by atoms with Crippen LogP contribution in [0.1, 0.15) is 24.7 Å². The van der Waals surface area contributed by atoms with Gasteiger partial charge in [0.05, 0.1) is 12.5 Å². The van der Waals surface area contributed by atoms with Crippen molar-refractivity contribution in [3.63, 3.8) is 0 Å². The van der Waals surface area contributed by atoms with Crippen LogP contribution in [-0.4, -0.2) is 21.2 Å². The molecule has 0 aliphatic carbocycles. The number of nitrogens with zero attached hydrogens (tertiary/aromatic N) is 2. The smallest absolute Gasteiger partial charge is 0.228 e. The van der Waals surface area contributed by atoms with E-state index in [1.54, 1.807) is 12.4 Å². The number of hydrogen-bond donors (Lipinski definition) is 1. The molecular weight excluding hydrogens is 182 g/mol. The maximum Gasteiger partial charge on any atom is 0.228 e. The highest BCUT2D eigenvalue weighted by Crippen LogP contribution is 2.19. The van der Waals surface area contributed by atoms with Gasteiger partial charge in [-0.1, -0.05) is 0 Å². The number of carbonyl (C=O) groups excluding carboxylic acids is 2. The molecule has 0 unspecified atom stereocenters. The maximum absolute atomic E-state index is 11.2. The molecule has 0 saturated carbocycles. The zero-order valence-electron chi connectivity index (χ0n) is 7.86. The van der Waals surface area contributed by atoms with E-state index in [4.69, 9.17) is 0 Å². The molecule has 0 radical (unpaired) electrons. The van der Waals surface area contributed by atoms with Crippen LogP contribution in [-0.2, 0) is 16.6 Å². The zero-order chi connectivity index (χ0) is 10.1. The third kappa shape index (κ3) is 1.53. The number of hydrogen-bond acceptors (Lipinski definition) is 3. The van der Waals surface area contributed by atoms with Gasteiger partial charge in [0.1, 0.15) is 11.6 Å². The van der Waals surface area contributed by atoms with Gasteiger partial charge < -0.3 is 9.88 Å². The van der Waals surface area contributed by atoms with Crippen LogP contribution >= 0.6 is 0 Å². The highest BCUT2D eigenvalue weighted by Gasteiger charge is 2.27. The standard InChI is InChI=1S/C9H11N3O2/c1-12-3-2-10-9(12)7-4-6(13)5-8(14)11-7/h2-3,7H,4-5H2,1H3,(H,11,14)/t7-/m1/s1. The van der Waals surface area contributed by atoms with Crippen LogP contribution in [0, 0.1) is 0 Å². The minimum atomic E-state index is -0.260. The van der Waals surface area contributed by atoms with Gasteiger partial charge in [-0.05, 0) is 0 Å². The fourth-order valence-corrected chi connectivity index (χ4v) is 1.64. The lowest BCUT2D eigenvalue weighted by Crippen LogP contribution is -2.38. The summed E-state index contributed by atoms with van der Waals surface area (Å²) in [5.74, 6) is 0.488. The number of aryl methyl sites for hydroxylation is 1. The molecule has 5 heteroatoms. The number of amides is 1. The Labute approximate surface area is 81.1 Å². The Morgan fingerprint density at radius 2 is 2.36 bits per heavy atom. The number of carbonyl (C=O) groups is 2. The first kappa shape index (κ1) is 8.93. The van der Waals surface area contributed by atoms with Crippen molar-refractivity contribution in [2.75, 3.05) is 0 Å². The molecule has 2 rings (SSSR count). The Morgan fingerprint density at radius 1 is 1.57 bits per heavy atom. The van der Waals surface area contributed by atoms with Crippen molar-refractivity contribution in [1.29, 1.82) is 0 Å². The molecule has 1 aliphatic heterocycles. The maximum atomic E-state index is 11.2. The van der Waals surface area contributed by atoms with Crippen molar-refractivity contribution in [1.82, 2.24) is 14.9 Å². The number of Topliss-reactive ketones (excluding diaryl/α,β-unsaturated/α-hetero) is 1. The highest BCUT2D eigenvalue weighted by atomic mass is 16.2. The summed E-state index contributed by atoms with van der Waals surface area (Å²) in [6.45, 7) is 0. The van der Waals surface area contributed by atoms with Crippen LogP contribution in [0.25, 0.3) is 0 Å². The van der Waals surface area contributed by atoms with Gasteiger partial charge in [-0.25, -0.2) is 4.98 Å². The second-order valence-electron chi connectivity index (χ2n) is 3.44. The minimum Gasteiger partial charge on any atom is -0.345 e. The van der Waals surface area contributed by atoms with Crippen molar-refractivity contribution in [3.05, 3.63) is 18.2 Å². The molecule has 2 heterocycles. The SMILES string of the molecule is Cn1ccnc1[C@H]1CC(=O)CC(=O)N1. The predicted octanol–water partition coefficient (Wildman–Crippen LogP) is -0.0597. The Balaban J connectivity index is 2.23. The number of ketones is 1. The van der Waals surface area contributed by atoms with Crippen LogP contribution in [0.3, 0.4) is 0 Å². The van der Waals surface area contributed by atoms with Gasteiger partial charge in [-0.3, -0.25) is 9.59 Å². The van der Waals surface area contributed by atoms with E-state index in [9.17, 15) is 9.59 Å². The molecule has 1 saturated heterocycles.